The highest BCUT2D eigenvalue weighted by Crippen LogP contribution is 2.27. The van der Waals surface area contributed by atoms with Crippen LogP contribution >= 0.6 is 0 Å². The van der Waals surface area contributed by atoms with Crippen LogP contribution in [0.1, 0.15) is 23.6 Å². The highest BCUT2D eigenvalue weighted by Gasteiger charge is 2.08. The fraction of sp³-hybridized carbons (Fsp3) is 0.217. The van der Waals surface area contributed by atoms with Crippen molar-refractivity contribution in [2.24, 2.45) is 0 Å². The number of nitrogen functional groups attached to an aromatic ring is 1. The fourth-order valence-corrected chi connectivity index (χ4v) is 3.42. The average molecular weight is 356 g/mol. The van der Waals surface area contributed by atoms with Crippen LogP contribution in [0.25, 0.3) is 21.8 Å². The number of para-hydroxylation sites is 1. The first kappa shape index (κ1) is 17.4. The molecule has 0 atom stereocenters. The first-order valence-corrected chi connectivity index (χ1v) is 9.46. The van der Waals surface area contributed by atoms with Gasteiger partial charge in [-0.25, -0.2) is 4.98 Å². The van der Waals surface area contributed by atoms with Crippen molar-refractivity contribution in [1.82, 2.24) is 15.3 Å². The van der Waals surface area contributed by atoms with Crippen molar-refractivity contribution < 1.29 is 0 Å². The Morgan fingerprint density at radius 3 is 2.44 bits per heavy atom. The molecule has 0 aliphatic rings. The van der Waals surface area contributed by atoms with Crippen molar-refractivity contribution in [3.05, 3.63) is 77.5 Å². The van der Waals surface area contributed by atoms with Crippen molar-refractivity contribution in [2.75, 3.05) is 12.3 Å². The lowest BCUT2D eigenvalue weighted by atomic mass is 10.0. The monoisotopic (exact) mass is 356 g/mol. The summed E-state index contributed by atoms with van der Waals surface area (Å²) >= 11 is 0. The number of fused-ring (bicyclic) bond motifs is 3. The molecule has 0 saturated carbocycles. The van der Waals surface area contributed by atoms with Crippen LogP contribution in [-0.2, 0) is 19.4 Å². The minimum atomic E-state index is 0.492. The first-order valence-electron chi connectivity index (χ1n) is 9.46. The summed E-state index contributed by atoms with van der Waals surface area (Å²) in [5.74, 6) is 0.492. The van der Waals surface area contributed by atoms with E-state index in [4.69, 9.17) is 5.73 Å². The number of rotatable bonds is 6. The van der Waals surface area contributed by atoms with Gasteiger partial charge in [0.1, 0.15) is 5.52 Å². The second kappa shape index (κ2) is 7.72. The Hall–Kier alpha value is -2.98. The minimum Gasteiger partial charge on any atom is -0.382 e. The molecule has 2 aromatic heterocycles. The number of nitrogens with zero attached hydrogens (tertiary/aromatic N) is 2. The Morgan fingerprint density at radius 2 is 1.63 bits per heavy atom. The lowest BCUT2D eigenvalue weighted by Gasteiger charge is -2.09. The molecule has 0 spiro atoms. The van der Waals surface area contributed by atoms with Gasteiger partial charge in [0.2, 0.25) is 0 Å². The zero-order valence-corrected chi connectivity index (χ0v) is 15.6. The Labute approximate surface area is 159 Å². The molecular weight excluding hydrogens is 332 g/mol. The second-order valence-corrected chi connectivity index (χ2v) is 6.85. The van der Waals surface area contributed by atoms with Crippen molar-refractivity contribution in [1.29, 1.82) is 0 Å². The Morgan fingerprint density at radius 1 is 0.889 bits per heavy atom. The molecule has 0 aliphatic heterocycles. The van der Waals surface area contributed by atoms with Crippen molar-refractivity contribution in [3.63, 3.8) is 0 Å². The molecule has 0 amide bonds. The minimum absolute atomic E-state index is 0.492. The fourth-order valence-electron chi connectivity index (χ4n) is 3.42. The second-order valence-electron chi connectivity index (χ2n) is 6.85. The van der Waals surface area contributed by atoms with Crippen molar-refractivity contribution >= 4 is 27.6 Å². The summed E-state index contributed by atoms with van der Waals surface area (Å²) in [5.41, 5.74) is 11.7. The predicted octanol–water partition coefficient (Wildman–Crippen LogP) is 4.26. The molecular formula is C23H24N4. The number of hydrogen-bond donors (Lipinski definition) is 2. The summed E-state index contributed by atoms with van der Waals surface area (Å²) in [4.78, 5) is 9.06. The average Bonchev–Trinajstić information content (AvgIpc) is 2.71. The van der Waals surface area contributed by atoms with E-state index in [9.17, 15) is 0 Å². The maximum atomic E-state index is 6.11. The highest BCUT2D eigenvalue weighted by molar-refractivity contribution is 6.08. The van der Waals surface area contributed by atoms with Gasteiger partial charge in [-0.2, -0.15) is 0 Å². The van der Waals surface area contributed by atoms with E-state index in [1.165, 1.54) is 16.7 Å². The molecule has 4 heteroatoms. The van der Waals surface area contributed by atoms with Gasteiger partial charge in [-0.15, -0.1) is 0 Å². The SMILES string of the molecule is CCNCc1ccc(CCc2cnc3c(N)nc4ccccc4c3c2)cc1. The molecule has 136 valence electrons. The van der Waals surface area contributed by atoms with Gasteiger partial charge in [0, 0.05) is 23.5 Å². The van der Waals surface area contributed by atoms with E-state index in [0.717, 1.165) is 47.7 Å². The number of hydrogen-bond acceptors (Lipinski definition) is 4. The molecule has 0 fully saturated rings. The van der Waals surface area contributed by atoms with Crippen molar-refractivity contribution in [2.45, 2.75) is 26.3 Å². The van der Waals surface area contributed by atoms with E-state index < -0.39 is 0 Å². The van der Waals surface area contributed by atoms with Gasteiger partial charge in [0.25, 0.3) is 0 Å². The van der Waals surface area contributed by atoms with Crippen LogP contribution in [0.4, 0.5) is 5.82 Å². The molecule has 2 aromatic carbocycles. The molecule has 4 aromatic rings. The lowest BCUT2D eigenvalue weighted by Crippen LogP contribution is -2.11. The molecule has 0 bridgehead atoms. The third kappa shape index (κ3) is 3.76. The number of nitrogens with one attached hydrogen (secondary N) is 1. The number of aromatic nitrogens is 2. The Kier molecular flexibility index (Phi) is 4.99. The van der Waals surface area contributed by atoms with Crippen molar-refractivity contribution in [3.8, 4) is 0 Å². The quantitative estimate of drug-likeness (QED) is 0.507. The van der Waals surface area contributed by atoms with Gasteiger partial charge in [0.15, 0.2) is 5.82 Å². The standard InChI is InChI=1S/C23H24N4/c1-2-25-14-17-10-7-16(8-11-17)9-12-18-13-20-19-5-3-4-6-21(19)27-23(24)22(20)26-15-18/h3-8,10-11,13,15,25H,2,9,12,14H2,1H3,(H2,24,27). The van der Waals surface area contributed by atoms with E-state index in [2.05, 4.69) is 58.6 Å². The van der Waals surface area contributed by atoms with Crippen LogP contribution in [0.3, 0.4) is 0 Å². The number of nitrogens with two attached hydrogens (primary N) is 1. The maximum Gasteiger partial charge on any atom is 0.150 e. The third-order valence-electron chi connectivity index (χ3n) is 4.93. The molecule has 0 unspecified atom stereocenters. The topological polar surface area (TPSA) is 63.8 Å². The molecule has 4 nitrogen and oxygen atoms in total. The lowest BCUT2D eigenvalue weighted by molar-refractivity contribution is 0.726. The van der Waals surface area contributed by atoms with E-state index in [-0.39, 0.29) is 0 Å². The Balaban J connectivity index is 1.56. The summed E-state index contributed by atoms with van der Waals surface area (Å²) < 4.78 is 0. The summed E-state index contributed by atoms with van der Waals surface area (Å²) in [5, 5.41) is 5.54. The van der Waals surface area contributed by atoms with Gasteiger partial charge in [-0.3, -0.25) is 4.98 Å². The molecule has 2 heterocycles. The summed E-state index contributed by atoms with van der Waals surface area (Å²) in [7, 11) is 0. The van der Waals surface area contributed by atoms with Crippen LogP contribution in [-0.4, -0.2) is 16.5 Å². The number of pyridine rings is 2. The first-order chi connectivity index (χ1) is 13.2. The van der Waals surface area contributed by atoms with Gasteiger partial charge in [0.05, 0.1) is 5.52 Å². The smallest absolute Gasteiger partial charge is 0.150 e. The van der Waals surface area contributed by atoms with Gasteiger partial charge >= 0.3 is 0 Å². The maximum absolute atomic E-state index is 6.11. The molecule has 4 rings (SSSR count). The predicted molar refractivity (Wildman–Crippen MR) is 113 cm³/mol. The number of benzene rings is 2. The van der Waals surface area contributed by atoms with Gasteiger partial charge < -0.3 is 11.1 Å². The number of aryl methyl sites for hydroxylation is 2. The van der Waals surface area contributed by atoms with Crippen LogP contribution in [0.15, 0.2) is 60.8 Å². The molecule has 0 aliphatic carbocycles. The summed E-state index contributed by atoms with van der Waals surface area (Å²) in [6, 6.07) is 19.1. The zero-order valence-electron chi connectivity index (χ0n) is 15.6. The van der Waals surface area contributed by atoms with E-state index in [1.54, 1.807) is 0 Å². The van der Waals surface area contributed by atoms with Crippen LogP contribution in [0.2, 0.25) is 0 Å². The molecule has 0 radical (unpaired) electrons. The molecule has 0 saturated heterocycles. The van der Waals surface area contributed by atoms with Gasteiger partial charge in [-0.1, -0.05) is 49.4 Å². The largest absolute Gasteiger partial charge is 0.382 e. The molecule has 27 heavy (non-hydrogen) atoms. The van der Waals surface area contributed by atoms with E-state index >= 15 is 0 Å². The van der Waals surface area contributed by atoms with E-state index in [1.807, 2.05) is 24.4 Å². The summed E-state index contributed by atoms with van der Waals surface area (Å²) in [6.45, 7) is 4.04. The van der Waals surface area contributed by atoms with Gasteiger partial charge in [-0.05, 0) is 48.2 Å². The summed E-state index contributed by atoms with van der Waals surface area (Å²) in [6.07, 6.45) is 3.87. The normalized spacial score (nSPS) is 11.3. The van der Waals surface area contributed by atoms with Crippen LogP contribution in [0, 0.1) is 0 Å². The van der Waals surface area contributed by atoms with Crippen LogP contribution in [0.5, 0.6) is 0 Å². The molecule has 3 N–H and O–H groups in total. The highest BCUT2D eigenvalue weighted by atomic mass is 14.9. The van der Waals surface area contributed by atoms with Crippen LogP contribution < -0.4 is 11.1 Å². The Bertz CT molecular complexity index is 1070. The zero-order chi connectivity index (χ0) is 18.6. The van der Waals surface area contributed by atoms with E-state index in [0.29, 0.717) is 5.82 Å². The number of anilines is 1. The third-order valence-corrected chi connectivity index (χ3v) is 4.93.